The van der Waals surface area contributed by atoms with E-state index in [-0.39, 0.29) is 16.6 Å². The topological polar surface area (TPSA) is 88.5 Å². The molecule has 2 heterocycles. The maximum atomic E-state index is 12.5. The average molecular weight is 458 g/mol. The largest absolute Gasteiger partial charge is 0.465 e. The van der Waals surface area contributed by atoms with Crippen LogP contribution in [-0.2, 0) is 11.3 Å². The Morgan fingerprint density at radius 2 is 1.90 bits per heavy atom. The van der Waals surface area contributed by atoms with Crippen molar-refractivity contribution in [3.63, 3.8) is 0 Å². The number of ether oxygens (including phenoxy) is 1. The fraction of sp³-hybridized carbons (Fsp3) is 0.238. The zero-order valence-electron chi connectivity index (χ0n) is 17.6. The summed E-state index contributed by atoms with van der Waals surface area (Å²) < 4.78 is 6.69. The van der Waals surface area contributed by atoms with Gasteiger partial charge in [0.05, 0.1) is 24.1 Å². The molecule has 0 atom stereocenters. The number of amides is 1. The van der Waals surface area contributed by atoms with Crippen molar-refractivity contribution in [3.05, 3.63) is 64.2 Å². The highest BCUT2D eigenvalue weighted by Crippen LogP contribution is 2.34. The van der Waals surface area contributed by atoms with Crippen LogP contribution in [0.25, 0.3) is 0 Å². The summed E-state index contributed by atoms with van der Waals surface area (Å²) in [5.41, 5.74) is 1.97. The summed E-state index contributed by atoms with van der Waals surface area (Å²) >= 11 is 6.55. The fourth-order valence-corrected chi connectivity index (χ4v) is 4.39. The molecule has 31 heavy (non-hydrogen) atoms. The molecule has 3 rings (SSSR count). The standard InChI is InChI=1S/C21H23N5O3S2/c1-13-16(20(28)29-4)18(31-17(13)19(27)25(2)3)23-21(30)22-15-10-11-26(24-15)12-14-8-6-5-7-9-14/h5-11H,12H2,1-4H3,(H2,22,23,24,30). The molecule has 0 saturated carbocycles. The van der Waals surface area contributed by atoms with E-state index in [0.29, 0.717) is 27.8 Å². The molecule has 10 heteroatoms. The number of carbonyl (C=O) groups excluding carboxylic acids is 2. The molecule has 2 N–H and O–H groups in total. The van der Waals surface area contributed by atoms with Crippen LogP contribution in [-0.4, -0.2) is 52.9 Å². The molecule has 0 radical (unpaired) electrons. The number of thiophene rings is 1. The van der Waals surface area contributed by atoms with Crippen LogP contribution >= 0.6 is 23.6 Å². The number of esters is 1. The highest BCUT2D eigenvalue weighted by molar-refractivity contribution is 7.80. The normalized spacial score (nSPS) is 10.5. The molecule has 0 aliphatic rings. The molecule has 0 saturated heterocycles. The second-order valence-corrected chi connectivity index (χ2v) is 8.34. The van der Waals surface area contributed by atoms with Crippen molar-refractivity contribution >= 4 is 51.4 Å². The molecule has 162 valence electrons. The summed E-state index contributed by atoms with van der Waals surface area (Å²) in [6.45, 7) is 2.35. The first-order chi connectivity index (χ1) is 14.8. The van der Waals surface area contributed by atoms with Crippen LogP contribution in [0.15, 0.2) is 42.6 Å². The van der Waals surface area contributed by atoms with Gasteiger partial charge < -0.3 is 20.3 Å². The predicted octanol–water partition coefficient (Wildman–Crippen LogP) is 3.60. The van der Waals surface area contributed by atoms with Crippen LogP contribution in [0.4, 0.5) is 10.8 Å². The number of aromatic nitrogens is 2. The van der Waals surface area contributed by atoms with Gasteiger partial charge >= 0.3 is 5.97 Å². The third kappa shape index (κ3) is 5.28. The highest BCUT2D eigenvalue weighted by atomic mass is 32.1. The molecule has 0 spiro atoms. The summed E-state index contributed by atoms with van der Waals surface area (Å²) in [4.78, 5) is 26.7. The second kappa shape index (κ2) is 9.71. The number of benzene rings is 1. The van der Waals surface area contributed by atoms with Gasteiger partial charge in [-0.25, -0.2) is 4.79 Å². The minimum atomic E-state index is -0.538. The van der Waals surface area contributed by atoms with Crippen LogP contribution < -0.4 is 10.6 Å². The van der Waals surface area contributed by atoms with E-state index in [1.54, 1.807) is 31.8 Å². The van der Waals surface area contributed by atoms with Crippen LogP contribution in [0.3, 0.4) is 0 Å². The highest BCUT2D eigenvalue weighted by Gasteiger charge is 2.26. The number of thiocarbonyl (C=S) groups is 1. The minimum Gasteiger partial charge on any atom is -0.465 e. The van der Waals surface area contributed by atoms with Crippen molar-refractivity contribution in [3.8, 4) is 0 Å². The van der Waals surface area contributed by atoms with Crippen LogP contribution in [0.5, 0.6) is 0 Å². The van der Waals surface area contributed by atoms with Gasteiger partial charge in [0.25, 0.3) is 5.91 Å². The van der Waals surface area contributed by atoms with Gasteiger partial charge in [0.15, 0.2) is 10.9 Å². The van der Waals surface area contributed by atoms with Gasteiger partial charge in [-0.3, -0.25) is 9.48 Å². The molecule has 8 nitrogen and oxygen atoms in total. The Balaban J connectivity index is 1.75. The summed E-state index contributed by atoms with van der Waals surface area (Å²) in [5, 5.41) is 11.2. The molecule has 1 amide bonds. The first-order valence-electron chi connectivity index (χ1n) is 9.39. The van der Waals surface area contributed by atoms with Crippen LogP contribution in [0, 0.1) is 6.92 Å². The number of nitrogens with one attached hydrogen (secondary N) is 2. The van der Waals surface area contributed by atoms with Crippen molar-refractivity contribution in [2.24, 2.45) is 0 Å². The second-order valence-electron chi connectivity index (χ2n) is 6.91. The van der Waals surface area contributed by atoms with Crippen molar-refractivity contribution in [2.75, 3.05) is 31.8 Å². The monoisotopic (exact) mass is 457 g/mol. The molecule has 0 aliphatic carbocycles. The van der Waals surface area contributed by atoms with Crippen molar-refractivity contribution in [2.45, 2.75) is 13.5 Å². The van der Waals surface area contributed by atoms with E-state index in [4.69, 9.17) is 17.0 Å². The summed E-state index contributed by atoms with van der Waals surface area (Å²) in [6.07, 6.45) is 1.85. The Hall–Kier alpha value is -3.24. The van der Waals surface area contributed by atoms with Gasteiger partial charge in [0, 0.05) is 26.4 Å². The fourth-order valence-electron chi connectivity index (χ4n) is 2.89. The maximum absolute atomic E-state index is 12.5. The Morgan fingerprint density at radius 1 is 1.19 bits per heavy atom. The Kier molecular flexibility index (Phi) is 7.03. The summed E-state index contributed by atoms with van der Waals surface area (Å²) in [5.74, 6) is -0.172. The molecule has 0 bridgehead atoms. The van der Waals surface area contributed by atoms with Gasteiger partial charge in [0.1, 0.15) is 5.00 Å². The molecular weight excluding hydrogens is 434 g/mol. The molecule has 0 aliphatic heterocycles. The molecular formula is C21H23N5O3S2. The molecule has 3 aromatic rings. The maximum Gasteiger partial charge on any atom is 0.341 e. The van der Waals surface area contributed by atoms with Gasteiger partial charge in [-0.15, -0.1) is 11.3 Å². The van der Waals surface area contributed by atoms with Gasteiger partial charge in [-0.2, -0.15) is 5.10 Å². The van der Waals surface area contributed by atoms with Gasteiger partial charge in [-0.1, -0.05) is 30.3 Å². The smallest absolute Gasteiger partial charge is 0.341 e. The number of methoxy groups -OCH3 is 1. The minimum absolute atomic E-state index is 0.195. The Bertz CT molecular complexity index is 1110. The molecule has 1 aromatic carbocycles. The van der Waals surface area contributed by atoms with E-state index in [1.165, 1.54) is 12.0 Å². The van der Waals surface area contributed by atoms with Gasteiger partial charge in [0.2, 0.25) is 0 Å². The molecule has 0 fully saturated rings. The lowest BCUT2D eigenvalue weighted by Gasteiger charge is -2.09. The third-order valence-corrected chi connectivity index (χ3v) is 5.83. The van der Waals surface area contributed by atoms with E-state index in [0.717, 1.165) is 16.9 Å². The van der Waals surface area contributed by atoms with E-state index < -0.39 is 5.97 Å². The number of carbonyl (C=O) groups is 2. The van der Waals surface area contributed by atoms with E-state index in [2.05, 4.69) is 15.7 Å². The molecule has 0 unspecified atom stereocenters. The zero-order valence-corrected chi connectivity index (χ0v) is 19.3. The van der Waals surface area contributed by atoms with Crippen molar-refractivity contribution < 1.29 is 14.3 Å². The van der Waals surface area contributed by atoms with Gasteiger partial charge in [-0.05, 0) is 30.3 Å². The first-order valence-corrected chi connectivity index (χ1v) is 10.6. The van der Waals surface area contributed by atoms with E-state index in [9.17, 15) is 9.59 Å². The SMILES string of the molecule is COC(=O)c1c(NC(=S)Nc2ccn(Cc3ccccc3)n2)sc(C(=O)N(C)C)c1C. The van der Waals surface area contributed by atoms with Crippen LogP contribution in [0.1, 0.15) is 31.2 Å². The predicted molar refractivity (Wildman–Crippen MR) is 126 cm³/mol. The number of nitrogens with zero attached hydrogens (tertiary/aromatic N) is 3. The van der Waals surface area contributed by atoms with Crippen LogP contribution in [0.2, 0.25) is 0 Å². The quantitative estimate of drug-likeness (QED) is 0.432. The molecule has 2 aromatic heterocycles. The number of anilines is 2. The lowest BCUT2D eigenvalue weighted by atomic mass is 10.1. The summed E-state index contributed by atoms with van der Waals surface area (Å²) in [6, 6.07) is 11.8. The third-order valence-electron chi connectivity index (χ3n) is 4.43. The van der Waals surface area contributed by atoms with E-state index in [1.807, 2.05) is 36.5 Å². The number of hydrogen-bond acceptors (Lipinski definition) is 6. The average Bonchev–Trinajstić information content (AvgIpc) is 3.31. The van der Waals surface area contributed by atoms with Crippen molar-refractivity contribution in [1.82, 2.24) is 14.7 Å². The summed E-state index contributed by atoms with van der Waals surface area (Å²) in [7, 11) is 4.61. The lowest BCUT2D eigenvalue weighted by molar-refractivity contribution is 0.0601. The Morgan fingerprint density at radius 3 is 2.55 bits per heavy atom. The van der Waals surface area contributed by atoms with Crippen molar-refractivity contribution in [1.29, 1.82) is 0 Å². The number of rotatable bonds is 6. The van der Waals surface area contributed by atoms with E-state index >= 15 is 0 Å². The lowest BCUT2D eigenvalue weighted by Crippen LogP contribution is -2.21. The first kappa shape index (κ1) is 22.4. The Labute approximate surface area is 189 Å². The number of hydrogen-bond donors (Lipinski definition) is 2. The zero-order chi connectivity index (χ0) is 22.5.